The average molecular weight is 419 g/mol. The van der Waals surface area contributed by atoms with E-state index in [1.165, 1.54) is 19.8 Å². The minimum absolute atomic E-state index is 0.204. The Labute approximate surface area is 181 Å². The Bertz CT molecular complexity index is 1010. The maximum atomic E-state index is 12.8. The number of fused-ring (bicyclic) bond motifs is 2. The number of para-hydroxylation sites is 1. The SMILES string of the molecule is COC(=O)C1=C(C(=O)OC)C2(C(CCc3ccccc3)Nc3ccccc3)C=CC1O2. The van der Waals surface area contributed by atoms with E-state index in [1.807, 2.05) is 54.6 Å². The molecule has 0 saturated carbocycles. The van der Waals surface area contributed by atoms with Crippen molar-refractivity contribution in [1.82, 2.24) is 0 Å². The van der Waals surface area contributed by atoms with Crippen molar-refractivity contribution in [2.45, 2.75) is 30.6 Å². The van der Waals surface area contributed by atoms with Crippen LogP contribution in [-0.4, -0.2) is 43.9 Å². The molecular formula is C25H25NO5. The standard InChI is InChI=1S/C25H25NO5/c1-29-23(27)21-19-15-16-25(31-19,22(21)24(28)30-2)20(26-18-11-7-4-8-12-18)14-13-17-9-5-3-6-10-17/h3-12,15-16,19-20,26H,13-14H2,1-2H3. The molecule has 2 heterocycles. The van der Waals surface area contributed by atoms with Gasteiger partial charge >= 0.3 is 11.9 Å². The number of esters is 2. The highest BCUT2D eigenvalue weighted by atomic mass is 16.6. The molecule has 2 aromatic carbocycles. The van der Waals surface area contributed by atoms with Crippen LogP contribution >= 0.6 is 0 Å². The van der Waals surface area contributed by atoms with Crippen LogP contribution in [0.2, 0.25) is 0 Å². The monoisotopic (exact) mass is 419 g/mol. The molecule has 0 fully saturated rings. The summed E-state index contributed by atoms with van der Waals surface area (Å²) in [5, 5.41) is 3.53. The molecule has 0 saturated heterocycles. The lowest BCUT2D eigenvalue weighted by Crippen LogP contribution is -2.48. The van der Waals surface area contributed by atoms with Crippen molar-refractivity contribution in [3.05, 3.63) is 89.5 Å². The molecule has 31 heavy (non-hydrogen) atoms. The van der Waals surface area contributed by atoms with E-state index < -0.39 is 23.6 Å². The number of hydrogen-bond donors (Lipinski definition) is 1. The molecule has 0 aliphatic carbocycles. The van der Waals surface area contributed by atoms with Crippen molar-refractivity contribution in [3.63, 3.8) is 0 Å². The quantitative estimate of drug-likeness (QED) is 0.522. The summed E-state index contributed by atoms with van der Waals surface area (Å²) in [5.74, 6) is -1.18. The third-order valence-corrected chi connectivity index (χ3v) is 5.78. The number of aryl methyl sites for hydroxylation is 1. The van der Waals surface area contributed by atoms with E-state index in [4.69, 9.17) is 14.2 Å². The number of carbonyl (C=O) groups excluding carboxylic acids is 2. The molecule has 0 aromatic heterocycles. The van der Waals surface area contributed by atoms with Crippen molar-refractivity contribution in [2.24, 2.45) is 0 Å². The second kappa shape index (κ2) is 8.78. The molecule has 2 aliphatic rings. The van der Waals surface area contributed by atoms with Crippen LogP contribution in [0.5, 0.6) is 0 Å². The molecule has 2 bridgehead atoms. The van der Waals surface area contributed by atoms with E-state index in [-0.39, 0.29) is 17.2 Å². The molecular weight excluding hydrogens is 394 g/mol. The van der Waals surface area contributed by atoms with Gasteiger partial charge in [-0.3, -0.25) is 0 Å². The van der Waals surface area contributed by atoms with Gasteiger partial charge < -0.3 is 19.5 Å². The van der Waals surface area contributed by atoms with Crippen LogP contribution in [0.4, 0.5) is 5.69 Å². The first-order valence-corrected chi connectivity index (χ1v) is 10.2. The largest absolute Gasteiger partial charge is 0.466 e. The Morgan fingerprint density at radius 3 is 2.29 bits per heavy atom. The molecule has 2 aromatic rings. The van der Waals surface area contributed by atoms with Crippen LogP contribution in [0.1, 0.15) is 12.0 Å². The van der Waals surface area contributed by atoms with E-state index in [0.29, 0.717) is 6.42 Å². The van der Waals surface area contributed by atoms with Crippen LogP contribution in [-0.2, 0) is 30.2 Å². The predicted octanol–water partition coefficient (Wildman–Crippen LogP) is 3.45. The van der Waals surface area contributed by atoms with Crippen LogP contribution in [0, 0.1) is 0 Å². The van der Waals surface area contributed by atoms with E-state index in [0.717, 1.165) is 12.1 Å². The average Bonchev–Trinajstić information content (AvgIpc) is 3.40. The van der Waals surface area contributed by atoms with Gasteiger partial charge in [-0.05, 0) is 36.6 Å². The molecule has 0 radical (unpaired) electrons. The third kappa shape index (κ3) is 3.86. The number of carbonyl (C=O) groups is 2. The molecule has 0 spiro atoms. The maximum absolute atomic E-state index is 12.8. The Balaban J connectivity index is 1.74. The molecule has 4 rings (SSSR count). The van der Waals surface area contributed by atoms with Crippen LogP contribution in [0.25, 0.3) is 0 Å². The Kier molecular flexibility index (Phi) is 5.91. The summed E-state index contributed by atoms with van der Waals surface area (Å²) in [6.07, 6.45) is 4.45. The fourth-order valence-corrected chi connectivity index (χ4v) is 4.33. The maximum Gasteiger partial charge on any atom is 0.337 e. The van der Waals surface area contributed by atoms with E-state index in [1.54, 1.807) is 6.08 Å². The first-order chi connectivity index (χ1) is 15.1. The number of anilines is 1. The molecule has 1 N–H and O–H groups in total. The van der Waals surface area contributed by atoms with Gasteiger partial charge in [0.05, 0.1) is 31.4 Å². The zero-order chi connectivity index (χ0) is 21.8. The van der Waals surface area contributed by atoms with E-state index in [9.17, 15) is 9.59 Å². The molecule has 3 unspecified atom stereocenters. The van der Waals surface area contributed by atoms with Crippen molar-refractivity contribution < 1.29 is 23.8 Å². The number of rotatable bonds is 8. The number of hydrogen-bond acceptors (Lipinski definition) is 6. The minimum Gasteiger partial charge on any atom is -0.466 e. The number of ether oxygens (including phenoxy) is 3. The zero-order valence-electron chi connectivity index (χ0n) is 17.5. The van der Waals surface area contributed by atoms with Crippen molar-refractivity contribution in [1.29, 1.82) is 0 Å². The number of methoxy groups -OCH3 is 2. The van der Waals surface area contributed by atoms with Gasteiger partial charge in [-0.25, -0.2) is 9.59 Å². The minimum atomic E-state index is -1.13. The number of nitrogens with one attached hydrogen (secondary N) is 1. The predicted molar refractivity (Wildman–Crippen MR) is 116 cm³/mol. The van der Waals surface area contributed by atoms with Crippen molar-refractivity contribution in [3.8, 4) is 0 Å². The molecule has 0 amide bonds. The summed E-state index contributed by atoms with van der Waals surface area (Å²) in [7, 11) is 2.60. The first-order valence-electron chi connectivity index (χ1n) is 10.2. The zero-order valence-corrected chi connectivity index (χ0v) is 17.5. The van der Waals surface area contributed by atoms with Crippen LogP contribution < -0.4 is 5.32 Å². The highest BCUT2D eigenvalue weighted by Gasteiger charge is 2.58. The molecule has 160 valence electrons. The lowest BCUT2D eigenvalue weighted by molar-refractivity contribution is -0.139. The smallest absolute Gasteiger partial charge is 0.337 e. The third-order valence-electron chi connectivity index (χ3n) is 5.78. The van der Waals surface area contributed by atoms with Gasteiger partial charge in [0.25, 0.3) is 0 Å². The van der Waals surface area contributed by atoms with Gasteiger partial charge in [-0.15, -0.1) is 0 Å². The Hall–Kier alpha value is -3.38. The van der Waals surface area contributed by atoms with Gasteiger partial charge in [0, 0.05) is 5.69 Å². The van der Waals surface area contributed by atoms with Gasteiger partial charge in [0.15, 0.2) is 0 Å². The Morgan fingerprint density at radius 2 is 1.65 bits per heavy atom. The van der Waals surface area contributed by atoms with Gasteiger partial charge in [0.2, 0.25) is 0 Å². The van der Waals surface area contributed by atoms with E-state index >= 15 is 0 Å². The summed E-state index contributed by atoms with van der Waals surface area (Å²) < 4.78 is 16.3. The summed E-state index contributed by atoms with van der Waals surface area (Å²) in [5.41, 5.74) is 1.34. The highest BCUT2D eigenvalue weighted by Crippen LogP contribution is 2.47. The normalized spacial score (nSPS) is 22.3. The first kappa shape index (κ1) is 20.9. The molecule has 2 aliphatic heterocycles. The van der Waals surface area contributed by atoms with Crippen molar-refractivity contribution >= 4 is 17.6 Å². The summed E-state index contributed by atoms with van der Waals surface area (Å²) >= 11 is 0. The second-order valence-corrected chi connectivity index (χ2v) is 7.55. The topological polar surface area (TPSA) is 73.9 Å². The fourth-order valence-electron chi connectivity index (χ4n) is 4.33. The molecule has 6 nitrogen and oxygen atoms in total. The Morgan fingerprint density at radius 1 is 1.00 bits per heavy atom. The lowest BCUT2D eigenvalue weighted by atomic mass is 9.79. The second-order valence-electron chi connectivity index (χ2n) is 7.55. The van der Waals surface area contributed by atoms with Gasteiger partial charge in [-0.1, -0.05) is 54.6 Å². The van der Waals surface area contributed by atoms with Gasteiger partial charge in [-0.2, -0.15) is 0 Å². The lowest BCUT2D eigenvalue weighted by Gasteiger charge is -2.36. The molecule has 6 heteroatoms. The summed E-state index contributed by atoms with van der Waals surface area (Å²) in [6.45, 7) is 0. The highest BCUT2D eigenvalue weighted by molar-refractivity contribution is 6.05. The number of benzene rings is 2. The molecule has 3 atom stereocenters. The summed E-state index contributed by atoms with van der Waals surface area (Å²) in [6, 6.07) is 19.5. The van der Waals surface area contributed by atoms with E-state index in [2.05, 4.69) is 17.4 Å². The van der Waals surface area contributed by atoms with Crippen molar-refractivity contribution in [2.75, 3.05) is 19.5 Å². The van der Waals surface area contributed by atoms with Crippen LogP contribution in [0.3, 0.4) is 0 Å². The fraction of sp³-hybridized carbons (Fsp3) is 0.280. The summed E-state index contributed by atoms with van der Waals surface area (Å²) in [4.78, 5) is 25.4. The van der Waals surface area contributed by atoms with Crippen LogP contribution in [0.15, 0.2) is 84.0 Å². The van der Waals surface area contributed by atoms with Gasteiger partial charge in [0.1, 0.15) is 11.7 Å².